The normalized spacial score (nSPS) is 10.3. The van der Waals surface area contributed by atoms with E-state index in [0.717, 1.165) is 11.1 Å². The molecule has 0 aromatic heterocycles. The Labute approximate surface area is 146 Å². The molecule has 0 fully saturated rings. The number of hydrogen-bond donors (Lipinski definition) is 0. The lowest BCUT2D eigenvalue weighted by atomic mass is 9.89. The summed E-state index contributed by atoms with van der Waals surface area (Å²) in [4.78, 5) is 36.2. The first-order chi connectivity index (χ1) is 11.8. The number of benzene rings is 2. The Kier molecular flexibility index (Phi) is 5.37. The van der Waals surface area contributed by atoms with E-state index in [2.05, 4.69) is 0 Å². The molecule has 0 heterocycles. The number of aryl methyl sites for hydroxylation is 2. The summed E-state index contributed by atoms with van der Waals surface area (Å²) in [5, 5.41) is 0. The van der Waals surface area contributed by atoms with Crippen molar-refractivity contribution in [3.05, 3.63) is 58.1 Å². The first kappa shape index (κ1) is 18.4. The fourth-order valence-electron chi connectivity index (χ4n) is 2.83. The maximum Gasteiger partial charge on any atom is 0.338 e. The average molecular weight is 340 g/mol. The van der Waals surface area contributed by atoms with E-state index in [9.17, 15) is 14.4 Å². The van der Waals surface area contributed by atoms with Crippen LogP contribution in [0.15, 0.2) is 30.3 Å². The van der Waals surface area contributed by atoms with Gasteiger partial charge in [-0.15, -0.1) is 0 Å². The highest BCUT2D eigenvalue weighted by Crippen LogP contribution is 2.32. The number of Topliss-reactive ketones (excluding diaryl/α,β-unsaturated/α-hetero) is 1. The Bertz CT molecular complexity index is 865. The number of rotatable bonds is 4. The summed E-state index contributed by atoms with van der Waals surface area (Å²) >= 11 is 0. The molecule has 25 heavy (non-hydrogen) atoms. The standard InChI is InChI=1S/C20H20O5/c1-11-8-12(2)18(20(23)25-5)16(9-11)15-7-6-14(13(3)21)10-17(15)19(22)24-4/h6-10H,1-5H3. The third-order valence-corrected chi connectivity index (χ3v) is 3.99. The number of ether oxygens (including phenoxy) is 2. The monoisotopic (exact) mass is 340 g/mol. The first-order valence-corrected chi connectivity index (χ1v) is 7.73. The number of carbonyl (C=O) groups excluding carboxylic acids is 3. The molecule has 0 saturated heterocycles. The maximum atomic E-state index is 12.3. The van der Waals surface area contributed by atoms with Gasteiger partial charge in [-0.05, 0) is 43.5 Å². The smallest absolute Gasteiger partial charge is 0.338 e. The van der Waals surface area contributed by atoms with Crippen LogP contribution < -0.4 is 0 Å². The lowest BCUT2D eigenvalue weighted by Crippen LogP contribution is -2.10. The van der Waals surface area contributed by atoms with E-state index >= 15 is 0 Å². The molecule has 2 aromatic rings. The molecule has 0 amide bonds. The molecule has 0 saturated carbocycles. The minimum atomic E-state index is -0.576. The summed E-state index contributed by atoms with van der Waals surface area (Å²) in [6, 6.07) is 8.46. The highest BCUT2D eigenvalue weighted by molar-refractivity contribution is 6.06. The van der Waals surface area contributed by atoms with Crippen LogP contribution in [0.5, 0.6) is 0 Å². The van der Waals surface area contributed by atoms with Gasteiger partial charge in [0.15, 0.2) is 5.78 Å². The van der Waals surface area contributed by atoms with Crippen LogP contribution in [-0.4, -0.2) is 31.9 Å². The van der Waals surface area contributed by atoms with Crippen molar-refractivity contribution in [1.82, 2.24) is 0 Å². The van der Waals surface area contributed by atoms with Crippen LogP contribution in [0.3, 0.4) is 0 Å². The van der Waals surface area contributed by atoms with Gasteiger partial charge in [-0.1, -0.05) is 29.8 Å². The second kappa shape index (κ2) is 7.30. The molecule has 0 aliphatic rings. The van der Waals surface area contributed by atoms with Crippen LogP contribution in [0.4, 0.5) is 0 Å². The van der Waals surface area contributed by atoms with Crippen molar-refractivity contribution in [1.29, 1.82) is 0 Å². The number of methoxy groups -OCH3 is 2. The molecule has 0 spiro atoms. The van der Waals surface area contributed by atoms with Crippen molar-refractivity contribution in [2.24, 2.45) is 0 Å². The largest absolute Gasteiger partial charge is 0.465 e. The first-order valence-electron chi connectivity index (χ1n) is 7.73. The quantitative estimate of drug-likeness (QED) is 0.626. The molecule has 0 atom stereocenters. The minimum Gasteiger partial charge on any atom is -0.465 e. The number of esters is 2. The molecule has 0 bridgehead atoms. The van der Waals surface area contributed by atoms with E-state index in [1.54, 1.807) is 12.1 Å². The lowest BCUT2D eigenvalue weighted by molar-refractivity contribution is 0.0589. The Morgan fingerprint density at radius 3 is 2.04 bits per heavy atom. The minimum absolute atomic E-state index is 0.162. The molecule has 5 heteroatoms. The van der Waals surface area contributed by atoms with Gasteiger partial charge in [0.1, 0.15) is 0 Å². The second-order valence-electron chi connectivity index (χ2n) is 5.80. The number of hydrogen-bond acceptors (Lipinski definition) is 5. The molecular weight excluding hydrogens is 320 g/mol. The molecule has 0 N–H and O–H groups in total. The van der Waals surface area contributed by atoms with Crippen molar-refractivity contribution in [3.8, 4) is 11.1 Å². The molecule has 0 radical (unpaired) electrons. The van der Waals surface area contributed by atoms with Gasteiger partial charge in [-0.2, -0.15) is 0 Å². The van der Waals surface area contributed by atoms with Crippen LogP contribution in [0.1, 0.15) is 49.1 Å². The number of ketones is 1. The third-order valence-electron chi connectivity index (χ3n) is 3.99. The summed E-state index contributed by atoms with van der Waals surface area (Å²) in [5.41, 5.74) is 3.77. The predicted octanol–water partition coefficient (Wildman–Crippen LogP) is 3.75. The highest BCUT2D eigenvalue weighted by Gasteiger charge is 2.22. The van der Waals surface area contributed by atoms with E-state index in [1.165, 1.54) is 27.2 Å². The zero-order valence-corrected chi connectivity index (χ0v) is 14.9. The van der Waals surface area contributed by atoms with Gasteiger partial charge in [0.25, 0.3) is 0 Å². The fraction of sp³-hybridized carbons (Fsp3) is 0.250. The van der Waals surface area contributed by atoms with Crippen molar-refractivity contribution in [2.45, 2.75) is 20.8 Å². The summed E-state index contributed by atoms with van der Waals surface area (Å²) in [6.07, 6.45) is 0. The molecule has 0 unspecified atom stereocenters. The van der Waals surface area contributed by atoms with Crippen molar-refractivity contribution < 1.29 is 23.9 Å². The Balaban J connectivity index is 2.84. The van der Waals surface area contributed by atoms with E-state index in [4.69, 9.17) is 9.47 Å². The summed E-state index contributed by atoms with van der Waals surface area (Å²) in [5.74, 6) is -1.22. The second-order valence-corrected chi connectivity index (χ2v) is 5.80. The van der Waals surface area contributed by atoms with Crippen molar-refractivity contribution in [3.63, 3.8) is 0 Å². The summed E-state index contributed by atoms with van der Waals surface area (Å²) in [7, 11) is 2.58. The van der Waals surface area contributed by atoms with Crippen LogP contribution in [0.25, 0.3) is 11.1 Å². The van der Waals surface area contributed by atoms with E-state index in [0.29, 0.717) is 22.3 Å². The van der Waals surface area contributed by atoms with Gasteiger partial charge in [0.05, 0.1) is 25.3 Å². The van der Waals surface area contributed by atoms with E-state index < -0.39 is 11.9 Å². The molecule has 2 aromatic carbocycles. The zero-order valence-electron chi connectivity index (χ0n) is 14.9. The Morgan fingerprint density at radius 1 is 0.840 bits per heavy atom. The van der Waals surface area contributed by atoms with Gasteiger partial charge in [0.2, 0.25) is 0 Å². The van der Waals surface area contributed by atoms with Crippen molar-refractivity contribution in [2.75, 3.05) is 14.2 Å². The van der Waals surface area contributed by atoms with Gasteiger partial charge in [0, 0.05) is 5.56 Å². The lowest BCUT2D eigenvalue weighted by Gasteiger charge is -2.16. The molecular formula is C20H20O5. The van der Waals surface area contributed by atoms with Crippen molar-refractivity contribution >= 4 is 17.7 Å². The molecule has 0 aliphatic heterocycles. The predicted molar refractivity (Wildman–Crippen MR) is 94.0 cm³/mol. The third kappa shape index (κ3) is 3.60. The van der Waals surface area contributed by atoms with Crippen LogP contribution in [0, 0.1) is 13.8 Å². The molecule has 0 aliphatic carbocycles. The van der Waals surface area contributed by atoms with Crippen LogP contribution >= 0.6 is 0 Å². The average Bonchev–Trinajstić information content (AvgIpc) is 2.59. The molecule has 2 rings (SSSR count). The molecule has 5 nitrogen and oxygen atoms in total. The topological polar surface area (TPSA) is 69.7 Å². The Morgan fingerprint density at radius 2 is 1.48 bits per heavy atom. The van der Waals surface area contributed by atoms with E-state index in [-0.39, 0.29) is 11.3 Å². The summed E-state index contributed by atoms with van der Waals surface area (Å²) in [6.45, 7) is 5.14. The van der Waals surface area contributed by atoms with Gasteiger partial charge < -0.3 is 9.47 Å². The van der Waals surface area contributed by atoms with Crippen LogP contribution in [0.2, 0.25) is 0 Å². The maximum absolute atomic E-state index is 12.3. The molecule has 130 valence electrons. The Hall–Kier alpha value is -2.95. The fourth-order valence-corrected chi connectivity index (χ4v) is 2.83. The summed E-state index contributed by atoms with van der Waals surface area (Å²) < 4.78 is 9.75. The van der Waals surface area contributed by atoms with E-state index in [1.807, 2.05) is 26.0 Å². The van der Waals surface area contributed by atoms with Gasteiger partial charge >= 0.3 is 11.9 Å². The zero-order chi connectivity index (χ0) is 18.7. The highest BCUT2D eigenvalue weighted by atomic mass is 16.5. The van der Waals surface area contributed by atoms with Crippen LogP contribution in [-0.2, 0) is 9.47 Å². The van der Waals surface area contributed by atoms with Gasteiger partial charge in [-0.25, -0.2) is 9.59 Å². The number of carbonyl (C=O) groups is 3. The SMILES string of the molecule is COC(=O)c1cc(C(C)=O)ccc1-c1cc(C)cc(C)c1C(=O)OC. The van der Waals surface area contributed by atoms with Gasteiger partial charge in [-0.3, -0.25) is 4.79 Å².